The van der Waals surface area contributed by atoms with Gasteiger partial charge in [0.25, 0.3) is 0 Å². The molecule has 0 saturated heterocycles. The van der Waals surface area contributed by atoms with Crippen LogP contribution in [0.5, 0.6) is 0 Å². The highest BCUT2D eigenvalue weighted by atomic mass is 35.5. The predicted molar refractivity (Wildman–Crippen MR) is 54.2 cm³/mol. The van der Waals surface area contributed by atoms with Gasteiger partial charge >= 0.3 is 6.03 Å². The van der Waals surface area contributed by atoms with E-state index in [1.165, 1.54) is 0 Å². The summed E-state index contributed by atoms with van der Waals surface area (Å²) in [6.07, 6.45) is 0. The van der Waals surface area contributed by atoms with Crippen molar-refractivity contribution in [2.45, 2.75) is 0 Å². The largest absolute Gasteiger partial charge is 0.351 e. The van der Waals surface area contributed by atoms with Gasteiger partial charge in [-0.2, -0.15) is 0 Å². The number of primary amides is 1. The van der Waals surface area contributed by atoms with Crippen LogP contribution in [-0.2, 0) is 4.79 Å². The van der Waals surface area contributed by atoms with Gasteiger partial charge in [0.05, 0.1) is 5.69 Å². The Morgan fingerprint density at radius 2 is 1.86 bits per heavy atom. The van der Waals surface area contributed by atoms with Gasteiger partial charge in [-0.3, -0.25) is 4.79 Å². The van der Waals surface area contributed by atoms with Gasteiger partial charge in [0.2, 0.25) is 5.91 Å². The summed E-state index contributed by atoms with van der Waals surface area (Å²) in [5.74, 6) is -0.817. The lowest BCUT2D eigenvalue weighted by atomic mass is 10.3. The monoisotopic (exact) mass is 212 g/mol. The van der Waals surface area contributed by atoms with Crippen molar-refractivity contribution in [2.75, 3.05) is 10.8 Å². The quantitative estimate of drug-likeness (QED) is 0.752. The number of nitrogens with zero attached hydrogens (tertiary/aromatic N) is 1. The molecule has 74 valence electrons. The molecule has 0 aromatic heterocycles. The van der Waals surface area contributed by atoms with Gasteiger partial charge in [-0.15, -0.1) is 11.6 Å². The number of carbonyl (C=O) groups is 2. The van der Waals surface area contributed by atoms with Gasteiger partial charge < -0.3 is 5.73 Å². The van der Waals surface area contributed by atoms with Crippen molar-refractivity contribution >= 4 is 29.2 Å². The second-order valence-electron chi connectivity index (χ2n) is 2.54. The molecule has 1 rings (SSSR count). The van der Waals surface area contributed by atoms with E-state index < -0.39 is 11.9 Å². The summed E-state index contributed by atoms with van der Waals surface area (Å²) in [5, 5.41) is 0. The Balaban J connectivity index is 3.01. The summed E-state index contributed by atoms with van der Waals surface area (Å²) >= 11 is 5.34. The van der Waals surface area contributed by atoms with Crippen molar-refractivity contribution in [3.8, 4) is 0 Å². The molecule has 0 aliphatic carbocycles. The SMILES string of the molecule is NC(=O)N(C(=O)CCl)c1ccccc1. The molecule has 0 aliphatic heterocycles. The second-order valence-corrected chi connectivity index (χ2v) is 2.80. The molecule has 1 aromatic carbocycles. The zero-order valence-corrected chi connectivity index (χ0v) is 8.07. The van der Waals surface area contributed by atoms with E-state index in [1.807, 2.05) is 0 Å². The molecule has 0 unspecified atom stereocenters. The smallest absolute Gasteiger partial charge is 0.326 e. The minimum Gasteiger partial charge on any atom is -0.351 e. The molecule has 5 heteroatoms. The van der Waals surface area contributed by atoms with Gasteiger partial charge in [-0.25, -0.2) is 9.69 Å². The molecule has 0 aliphatic rings. The van der Waals surface area contributed by atoms with E-state index in [4.69, 9.17) is 17.3 Å². The number of benzene rings is 1. The standard InChI is InChI=1S/C9H9ClN2O2/c10-6-8(13)12(9(11)14)7-4-2-1-3-5-7/h1-5H,6H2,(H2,11,14). The highest BCUT2D eigenvalue weighted by Gasteiger charge is 2.19. The van der Waals surface area contributed by atoms with Gasteiger partial charge in [-0.1, -0.05) is 18.2 Å². The molecule has 1 aromatic rings. The number of amides is 3. The van der Waals surface area contributed by atoms with Crippen molar-refractivity contribution in [3.63, 3.8) is 0 Å². The predicted octanol–water partition coefficient (Wildman–Crippen LogP) is 1.34. The van der Waals surface area contributed by atoms with Crippen molar-refractivity contribution in [3.05, 3.63) is 30.3 Å². The highest BCUT2D eigenvalue weighted by Crippen LogP contribution is 2.13. The van der Waals surface area contributed by atoms with Crippen LogP contribution in [0.15, 0.2) is 30.3 Å². The van der Waals surface area contributed by atoms with Crippen LogP contribution in [-0.4, -0.2) is 17.8 Å². The second kappa shape index (κ2) is 4.62. The van der Waals surface area contributed by atoms with E-state index in [-0.39, 0.29) is 5.88 Å². The molecule has 0 atom stereocenters. The summed E-state index contributed by atoms with van der Waals surface area (Å²) in [4.78, 5) is 23.1. The number of halogens is 1. The first-order chi connectivity index (χ1) is 6.66. The fraction of sp³-hybridized carbons (Fsp3) is 0.111. The number of para-hydroxylation sites is 1. The van der Waals surface area contributed by atoms with Gasteiger partial charge in [0, 0.05) is 0 Å². The Bertz CT molecular complexity index is 340. The zero-order chi connectivity index (χ0) is 10.6. The number of carbonyl (C=O) groups excluding carboxylic acids is 2. The first kappa shape index (κ1) is 10.5. The van der Waals surface area contributed by atoms with Crippen molar-refractivity contribution < 1.29 is 9.59 Å². The zero-order valence-electron chi connectivity index (χ0n) is 7.31. The third-order valence-electron chi connectivity index (χ3n) is 1.60. The van der Waals surface area contributed by atoms with Gasteiger partial charge in [0.15, 0.2) is 0 Å². The maximum Gasteiger partial charge on any atom is 0.326 e. The number of nitrogens with two attached hydrogens (primary N) is 1. The van der Waals surface area contributed by atoms with Crippen LogP contribution in [0.4, 0.5) is 10.5 Å². The van der Waals surface area contributed by atoms with Crippen LogP contribution < -0.4 is 10.6 Å². The summed E-state index contributed by atoms with van der Waals surface area (Å²) in [7, 11) is 0. The Hall–Kier alpha value is -1.55. The van der Waals surface area contributed by atoms with Crippen LogP contribution in [0, 0.1) is 0 Å². The van der Waals surface area contributed by atoms with E-state index in [0.29, 0.717) is 5.69 Å². The molecule has 0 fully saturated rings. The topological polar surface area (TPSA) is 63.4 Å². The van der Waals surface area contributed by atoms with Crippen LogP contribution in [0.2, 0.25) is 0 Å². The van der Waals surface area contributed by atoms with Crippen LogP contribution in [0.25, 0.3) is 0 Å². The normalized spacial score (nSPS) is 9.50. The lowest BCUT2D eigenvalue weighted by molar-refractivity contribution is -0.115. The third kappa shape index (κ3) is 2.23. The average molecular weight is 213 g/mol. The number of imide groups is 1. The molecule has 4 nitrogen and oxygen atoms in total. The van der Waals surface area contributed by atoms with E-state index in [0.717, 1.165) is 4.90 Å². The van der Waals surface area contributed by atoms with Gasteiger partial charge in [-0.05, 0) is 12.1 Å². The van der Waals surface area contributed by atoms with E-state index in [2.05, 4.69) is 0 Å². The molecule has 0 heterocycles. The maximum atomic E-state index is 11.2. The molecule has 0 spiro atoms. The number of hydrogen-bond donors (Lipinski definition) is 1. The Morgan fingerprint density at radius 3 is 2.29 bits per heavy atom. The summed E-state index contributed by atoms with van der Waals surface area (Å²) in [6.45, 7) is 0. The molecule has 14 heavy (non-hydrogen) atoms. The fourth-order valence-electron chi connectivity index (χ4n) is 1.03. The number of alkyl halides is 1. The third-order valence-corrected chi connectivity index (χ3v) is 1.83. The number of anilines is 1. The van der Waals surface area contributed by atoms with Crippen molar-refractivity contribution in [2.24, 2.45) is 5.73 Å². The van der Waals surface area contributed by atoms with Crippen LogP contribution in [0.1, 0.15) is 0 Å². The molecular weight excluding hydrogens is 204 g/mol. The fourth-order valence-corrected chi connectivity index (χ4v) is 1.15. The van der Waals surface area contributed by atoms with Crippen LogP contribution >= 0.6 is 11.6 Å². The lowest BCUT2D eigenvalue weighted by Crippen LogP contribution is -2.41. The molecule has 3 amide bonds. The lowest BCUT2D eigenvalue weighted by Gasteiger charge is -2.16. The summed E-state index contributed by atoms with van der Waals surface area (Å²) in [5.41, 5.74) is 5.47. The van der Waals surface area contributed by atoms with E-state index in [9.17, 15) is 9.59 Å². The van der Waals surface area contributed by atoms with Gasteiger partial charge in [0.1, 0.15) is 5.88 Å². The van der Waals surface area contributed by atoms with Crippen molar-refractivity contribution in [1.82, 2.24) is 0 Å². The Kier molecular flexibility index (Phi) is 3.48. The van der Waals surface area contributed by atoms with Crippen LogP contribution in [0.3, 0.4) is 0 Å². The minimum absolute atomic E-state index is 0.280. The average Bonchev–Trinajstić information content (AvgIpc) is 2.19. The Labute approximate surface area is 86.3 Å². The first-order valence-corrected chi connectivity index (χ1v) is 4.43. The molecule has 0 bridgehead atoms. The minimum atomic E-state index is -0.832. The molecular formula is C9H9ClN2O2. The highest BCUT2D eigenvalue weighted by molar-refractivity contribution is 6.32. The first-order valence-electron chi connectivity index (χ1n) is 3.90. The molecule has 0 saturated carbocycles. The molecule has 2 N–H and O–H groups in total. The molecule has 0 radical (unpaired) electrons. The summed E-state index contributed by atoms with van der Waals surface area (Å²) < 4.78 is 0. The van der Waals surface area contributed by atoms with Crippen molar-refractivity contribution in [1.29, 1.82) is 0 Å². The summed E-state index contributed by atoms with van der Waals surface area (Å²) in [6, 6.07) is 7.56. The van der Waals surface area contributed by atoms with E-state index >= 15 is 0 Å². The number of rotatable bonds is 2. The number of urea groups is 1. The Morgan fingerprint density at radius 1 is 1.29 bits per heavy atom. The number of hydrogen-bond acceptors (Lipinski definition) is 2. The van der Waals surface area contributed by atoms with E-state index in [1.54, 1.807) is 30.3 Å². The maximum absolute atomic E-state index is 11.2.